The molecule has 0 aliphatic carbocycles. The summed E-state index contributed by atoms with van der Waals surface area (Å²) in [5.41, 5.74) is 1.11. The van der Waals surface area contributed by atoms with Gasteiger partial charge in [-0.1, -0.05) is 28.1 Å². The first-order chi connectivity index (χ1) is 11.4. The number of rotatable bonds is 3. The zero-order chi connectivity index (χ0) is 17.4. The molecule has 2 aromatic rings. The van der Waals surface area contributed by atoms with E-state index >= 15 is 0 Å². The molecule has 24 heavy (non-hydrogen) atoms. The number of halogens is 2. The van der Waals surface area contributed by atoms with Gasteiger partial charge in [-0.2, -0.15) is 0 Å². The number of amides is 1. The molecule has 0 radical (unpaired) electrons. The summed E-state index contributed by atoms with van der Waals surface area (Å²) in [4.78, 5) is 25.8. The minimum absolute atomic E-state index is 0.0339. The number of aliphatic hydroxyl groups is 1. The second-order valence-corrected chi connectivity index (χ2v) is 6.34. The van der Waals surface area contributed by atoms with Crippen molar-refractivity contribution in [1.29, 1.82) is 0 Å². The van der Waals surface area contributed by atoms with Crippen LogP contribution >= 0.6 is 15.9 Å². The Balaban J connectivity index is 2.16. The number of hydrogen-bond acceptors (Lipinski definition) is 3. The van der Waals surface area contributed by atoms with Gasteiger partial charge in [-0.05, 0) is 48.9 Å². The molecular weight excluding hydrogens is 377 g/mol. The third-order valence-electron chi connectivity index (χ3n) is 3.88. The molecule has 1 aliphatic heterocycles. The Morgan fingerprint density at radius 1 is 1.12 bits per heavy atom. The normalized spacial score (nSPS) is 17.5. The van der Waals surface area contributed by atoms with Crippen molar-refractivity contribution >= 4 is 33.3 Å². The van der Waals surface area contributed by atoms with Crippen molar-refractivity contribution in [3.63, 3.8) is 0 Å². The highest BCUT2D eigenvalue weighted by molar-refractivity contribution is 9.10. The minimum atomic E-state index is -0.756. The molecule has 0 aromatic heterocycles. The van der Waals surface area contributed by atoms with E-state index in [0.717, 1.165) is 4.47 Å². The first-order valence-electron chi connectivity index (χ1n) is 7.19. The number of aliphatic hydroxyl groups excluding tert-OH is 1. The summed E-state index contributed by atoms with van der Waals surface area (Å²) in [6.45, 7) is 1.30. The second-order valence-electron chi connectivity index (χ2n) is 5.42. The van der Waals surface area contributed by atoms with Crippen LogP contribution in [0.5, 0.6) is 0 Å². The highest BCUT2D eigenvalue weighted by atomic mass is 79.9. The Kier molecular flexibility index (Phi) is 4.24. The van der Waals surface area contributed by atoms with Crippen LogP contribution in [0.25, 0.3) is 0 Å². The Labute approximate surface area is 146 Å². The molecule has 0 unspecified atom stereocenters. The fourth-order valence-corrected chi connectivity index (χ4v) is 3.06. The molecule has 1 heterocycles. The van der Waals surface area contributed by atoms with Crippen molar-refractivity contribution in [3.05, 3.63) is 75.7 Å². The number of nitrogens with zero attached hydrogens (tertiary/aromatic N) is 1. The van der Waals surface area contributed by atoms with Crippen LogP contribution in [0.2, 0.25) is 0 Å². The van der Waals surface area contributed by atoms with Crippen molar-refractivity contribution in [2.24, 2.45) is 0 Å². The highest BCUT2D eigenvalue weighted by Crippen LogP contribution is 2.41. The zero-order valence-electron chi connectivity index (χ0n) is 12.7. The number of carbonyl (C=O) groups is 2. The average Bonchev–Trinajstić information content (AvgIpc) is 2.81. The molecular formula is C18H13BrFNO3. The van der Waals surface area contributed by atoms with E-state index in [1.54, 1.807) is 24.3 Å². The number of ketones is 1. The zero-order valence-corrected chi connectivity index (χ0v) is 14.2. The van der Waals surface area contributed by atoms with E-state index in [0.29, 0.717) is 11.3 Å². The van der Waals surface area contributed by atoms with Gasteiger partial charge in [-0.25, -0.2) is 4.39 Å². The molecule has 3 rings (SSSR count). The monoisotopic (exact) mass is 389 g/mol. The lowest BCUT2D eigenvalue weighted by molar-refractivity contribution is -0.117. The van der Waals surface area contributed by atoms with Crippen molar-refractivity contribution in [2.45, 2.75) is 13.0 Å². The molecule has 0 saturated carbocycles. The molecule has 1 amide bonds. The predicted octanol–water partition coefficient (Wildman–Crippen LogP) is 4.08. The fourth-order valence-electron chi connectivity index (χ4n) is 2.79. The van der Waals surface area contributed by atoms with Gasteiger partial charge < -0.3 is 5.11 Å². The second kappa shape index (κ2) is 6.20. The average molecular weight is 390 g/mol. The summed E-state index contributed by atoms with van der Waals surface area (Å²) in [6.07, 6.45) is 0. The van der Waals surface area contributed by atoms with E-state index in [9.17, 15) is 19.1 Å². The SMILES string of the molecule is CC(=O)C1=C(O)C(=O)N(c2ccc(F)cc2)[C@@H]1c1ccc(Br)cc1. The Hall–Kier alpha value is -2.47. The molecule has 0 fully saturated rings. The Morgan fingerprint density at radius 2 is 1.71 bits per heavy atom. The summed E-state index contributed by atoms with van der Waals surface area (Å²) in [5, 5.41) is 10.2. The van der Waals surface area contributed by atoms with Crippen LogP contribution < -0.4 is 4.90 Å². The van der Waals surface area contributed by atoms with Crippen LogP contribution in [0.1, 0.15) is 18.5 Å². The molecule has 0 saturated heterocycles. The number of benzene rings is 2. The number of anilines is 1. The Morgan fingerprint density at radius 3 is 2.25 bits per heavy atom. The molecule has 1 N–H and O–H groups in total. The van der Waals surface area contributed by atoms with E-state index < -0.39 is 29.3 Å². The third-order valence-corrected chi connectivity index (χ3v) is 4.41. The van der Waals surface area contributed by atoms with Gasteiger partial charge in [0.15, 0.2) is 11.5 Å². The van der Waals surface area contributed by atoms with Crippen LogP contribution in [0.4, 0.5) is 10.1 Å². The molecule has 0 bridgehead atoms. The van der Waals surface area contributed by atoms with Gasteiger partial charge in [0.1, 0.15) is 5.82 Å². The van der Waals surface area contributed by atoms with E-state index in [1.165, 1.54) is 36.1 Å². The number of Topliss-reactive ketones (excluding diaryl/α,β-unsaturated/α-hetero) is 1. The molecule has 6 heteroatoms. The van der Waals surface area contributed by atoms with E-state index in [2.05, 4.69) is 15.9 Å². The van der Waals surface area contributed by atoms with Crippen LogP contribution in [-0.4, -0.2) is 16.8 Å². The summed E-state index contributed by atoms with van der Waals surface area (Å²) in [5.74, 6) is -2.08. The van der Waals surface area contributed by atoms with Crippen LogP contribution in [0, 0.1) is 5.82 Å². The Bertz CT molecular complexity index is 844. The molecule has 1 aliphatic rings. The lowest BCUT2D eigenvalue weighted by Gasteiger charge is -2.26. The van der Waals surface area contributed by atoms with E-state index in [4.69, 9.17) is 0 Å². The van der Waals surface area contributed by atoms with E-state index in [-0.39, 0.29) is 5.57 Å². The fraction of sp³-hybridized carbons (Fsp3) is 0.111. The van der Waals surface area contributed by atoms with Crippen molar-refractivity contribution in [2.75, 3.05) is 4.90 Å². The summed E-state index contributed by atoms with van der Waals surface area (Å²) >= 11 is 3.34. The first kappa shape index (κ1) is 16.4. The van der Waals surface area contributed by atoms with Gasteiger partial charge in [-0.3, -0.25) is 14.5 Å². The quantitative estimate of drug-likeness (QED) is 0.860. The number of carbonyl (C=O) groups excluding carboxylic acids is 2. The summed E-state index contributed by atoms with van der Waals surface area (Å²) in [7, 11) is 0. The smallest absolute Gasteiger partial charge is 0.294 e. The maximum atomic E-state index is 13.2. The maximum absolute atomic E-state index is 13.2. The van der Waals surface area contributed by atoms with Gasteiger partial charge >= 0.3 is 0 Å². The summed E-state index contributed by atoms with van der Waals surface area (Å²) < 4.78 is 14.0. The lowest BCUT2D eigenvalue weighted by atomic mass is 9.96. The molecule has 0 spiro atoms. The standard InChI is InChI=1S/C18H13BrFNO3/c1-10(22)15-16(11-2-4-12(19)5-3-11)21(18(24)17(15)23)14-8-6-13(20)7-9-14/h2-9,16,23H,1H3/t16-/m1/s1. The largest absolute Gasteiger partial charge is 0.503 e. The molecule has 122 valence electrons. The topological polar surface area (TPSA) is 57.6 Å². The van der Waals surface area contributed by atoms with Crippen molar-refractivity contribution in [3.8, 4) is 0 Å². The molecule has 2 aromatic carbocycles. The predicted molar refractivity (Wildman–Crippen MR) is 91.1 cm³/mol. The number of hydrogen-bond donors (Lipinski definition) is 1. The van der Waals surface area contributed by atoms with Gasteiger partial charge in [0.2, 0.25) is 0 Å². The third kappa shape index (κ3) is 2.73. The molecule has 4 nitrogen and oxygen atoms in total. The van der Waals surface area contributed by atoms with Gasteiger partial charge in [-0.15, -0.1) is 0 Å². The van der Waals surface area contributed by atoms with Crippen molar-refractivity contribution < 1.29 is 19.1 Å². The van der Waals surface area contributed by atoms with Gasteiger partial charge in [0.25, 0.3) is 5.91 Å². The van der Waals surface area contributed by atoms with E-state index in [1.807, 2.05) is 0 Å². The first-order valence-corrected chi connectivity index (χ1v) is 7.98. The van der Waals surface area contributed by atoms with Crippen LogP contribution in [0.3, 0.4) is 0 Å². The minimum Gasteiger partial charge on any atom is -0.503 e. The molecule has 1 atom stereocenters. The lowest BCUT2D eigenvalue weighted by Crippen LogP contribution is -2.30. The summed E-state index contributed by atoms with van der Waals surface area (Å²) in [6, 6.07) is 11.7. The van der Waals surface area contributed by atoms with Crippen LogP contribution in [0.15, 0.2) is 64.3 Å². The maximum Gasteiger partial charge on any atom is 0.294 e. The van der Waals surface area contributed by atoms with Gasteiger partial charge in [0, 0.05) is 10.2 Å². The van der Waals surface area contributed by atoms with Gasteiger partial charge in [0.05, 0.1) is 11.6 Å². The highest BCUT2D eigenvalue weighted by Gasteiger charge is 2.43. The van der Waals surface area contributed by atoms with Crippen LogP contribution in [-0.2, 0) is 9.59 Å². The van der Waals surface area contributed by atoms with Crippen molar-refractivity contribution in [1.82, 2.24) is 0 Å².